The molecule has 1 unspecified atom stereocenters. The van der Waals surface area contributed by atoms with Crippen molar-refractivity contribution in [3.63, 3.8) is 0 Å². The molecule has 1 saturated heterocycles. The molecule has 5 rings (SSSR count). The number of morpholine rings is 1. The van der Waals surface area contributed by atoms with Gasteiger partial charge in [0.25, 0.3) is 6.43 Å². The summed E-state index contributed by atoms with van der Waals surface area (Å²) in [4.78, 5) is 3.15. The molecule has 1 aliphatic carbocycles. The number of hydrogen-bond acceptors (Lipinski definition) is 9. The van der Waals surface area contributed by atoms with Crippen LogP contribution in [-0.2, 0) is 4.74 Å². The Balaban J connectivity index is 1.57. The molecule has 8 nitrogen and oxygen atoms in total. The van der Waals surface area contributed by atoms with Gasteiger partial charge in [-0.05, 0) is 43.8 Å². The standard InChI is InChI=1S/C19H19F2N7OS2/c1-11-9-27(4-5-29-11)14-6-12(31-26-19(10-22)2-3-19)7-15-13(14)8-23-28(15)18-25-24-17(30-18)16(20)21/h6-8,11,16,26H,2-5,9H2,1H3. The molecule has 31 heavy (non-hydrogen) atoms. The van der Waals surface area contributed by atoms with Crippen LogP contribution in [0.5, 0.6) is 0 Å². The summed E-state index contributed by atoms with van der Waals surface area (Å²) < 4.78 is 36.5. The first-order valence-corrected chi connectivity index (χ1v) is 11.5. The highest BCUT2D eigenvalue weighted by molar-refractivity contribution is 7.97. The minimum Gasteiger partial charge on any atom is -0.375 e. The lowest BCUT2D eigenvalue weighted by molar-refractivity contribution is 0.0533. The van der Waals surface area contributed by atoms with E-state index in [0.29, 0.717) is 6.61 Å². The van der Waals surface area contributed by atoms with Crippen molar-refractivity contribution in [2.75, 3.05) is 24.6 Å². The highest BCUT2D eigenvalue weighted by Gasteiger charge is 2.43. The topological polar surface area (TPSA) is 91.9 Å². The summed E-state index contributed by atoms with van der Waals surface area (Å²) in [5, 5.41) is 22.1. The minimum absolute atomic E-state index is 0.0957. The van der Waals surface area contributed by atoms with Crippen molar-refractivity contribution >= 4 is 39.9 Å². The molecule has 1 N–H and O–H groups in total. The van der Waals surface area contributed by atoms with Crippen molar-refractivity contribution < 1.29 is 13.5 Å². The fraction of sp³-hybridized carbons (Fsp3) is 0.474. The summed E-state index contributed by atoms with van der Waals surface area (Å²) in [6, 6.07) is 6.33. The number of benzene rings is 1. The van der Waals surface area contributed by atoms with Gasteiger partial charge in [0.05, 0.1) is 30.5 Å². The van der Waals surface area contributed by atoms with E-state index in [0.717, 1.165) is 58.8 Å². The molecule has 0 bridgehead atoms. The zero-order valence-electron chi connectivity index (χ0n) is 16.6. The maximum absolute atomic E-state index is 13.0. The van der Waals surface area contributed by atoms with Gasteiger partial charge in [0.15, 0.2) is 5.01 Å². The number of rotatable bonds is 6. The molecule has 0 spiro atoms. The van der Waals surface area contributed by atoms with Crippen molar-refractivity contribution in [2.24, 2.45) is 0 Å². The predicted octanol–water partition coefficient (Wildman–Crippen LogP) is 3.69. The highest BCUT2D eigenvalue weighted by Crippen LogP contribution is 2.40. The van der Waals surface area contributed by atoms with Crippen LogP contribution in [0.15, 0.2) is 23.2 Å². The average Bonchev–Trinajstić information content (AvgIpc) is 3.17. The van der Waals surface area contributed by atoms with Crippen molar-refractivity contribution in [3.8, 4) is 11.2 Å². The van der Waals surface area contributed by atoms with Crippen LogP contribution >= 0.6 is 23.3 Å². The Labute approximate surface area is 185 Å². The molecule has 0 amide bonds. The number of fused-ring (bicyclic) bond motifs is 1. The van der Waals surface area contributed by atoms with Crippen LogP contribution in [0.3, 0.4) is 0 Å². The van der Waals surface area contributed by atoms with E-state index in [-0.39, 0.29) is 16.2 Å². The average molecular weight is 464 g/mol. The van der Waals surface area contributed by atoms with E-state index in [1.165, 1.54) is 11.9 Å². The molecule has 1 saturated carbocycles. The monoisotopic (exact) mass is 463 g/mol. The van der Waals surface area contributed by atoms with E-state index in [2.05, 4.69) is 37.1 Å². The van der Waals surface area contributed by atoms with Crippen LogP contribution in [0.1, 0.15) is 31.2 Å². The molecule has 2 aromatic heterocycles. The number of aromatic nitrogens is 4. The summed E-state index contributed by atoms with van der Waals surface area (Å²) in [5.74, 6) is 0. The predicted molar refractivity (Wildman–Crippen MR) is 114 cm³/mol. The first-order chi connectivity index (χ1) is 15.0. The number of hydrogen-bond donors (Lipinski definition) is 1. The number of nitrogens with one attached hydrogen (secondary N) is 1. The molecule has 12 heteroatoms. The molecule has 1 atom stereocenters. The Morgan fingerprint density at radius 2 is 2.23 bits per heavy atom. The summed E-state index contributed by atoms with van der Waals surface area (Å²) in [5.41, 5.74) is 1.27. The third kappa shape index (κ3) is 3.98. The summed E-state index contributed by atoms with van der Waals surface area (Å²) >= 11 is 2.22. The van der Waals surface area contributed by atoms with Crippen LogP contribution in [0.4, 0.5) is 14.5 Å². The van der Waals surface area contributed by atoms with Crippen molar-refractivity contribution in [1.29, 1.82) is 5.26 Å². The van der Waals surface area contributed by atoms with Gasteiger partial charge in [-0.25, -0.2) is 18.2 Å². The van der Waals surface area contributed by atoms with Gasteiger partial charge in [-0.3, -0.25) is 0 Å². The molecular weight excluding hydrogens is 444 g/mol. The number of nitrogens with zero attached hydrogens (tertiary/aromatic N) is 6. The fourth-order valence-electron chi connectivity index (χ4n) is 3.51. The van der Waals surface area contributed by atoms with E-state index in [4.69, 9.17) is 4.74 Å². The quantitative estimate of drug-likeness (QED) is 0.554. The largest absolute Gasteiger partial charge is 0.375 e. The number of halogens is 2. The Morgan fingerprint density at radius 3 is 2.90 bits per heavy atom. The van der Waals surface area contributed by atoms with E-state index in [1.54, 1.807) is 10.9 Å². The van der Waals surface area contributed by atoms with Gasteiger partial charge in [0, 0.05) is 29.1 Å². The number of nitriles is 1. The van der Waals surface area contributed by atoms with Gasteiger partial charge in [-0.2, -0.15) is 10.4 Å². The van der Waals surface area contributed by atoms with Gasteiger partial charge in [0.1, 0.15) is 5.54 Å². The molecule has 3 heterocycles. The van der Waals surface area contributed by atoms with Gasteiger partial charge < -0.3 is 9.64 Å². The molecule has 1 aliphatic heterocycles. The van der Waals surface area contributed by atoms with E-state index in [9.17, 15) is 14.0 Å². The smallest absolute Gasteiger partial charge is 0.291 e. The Morgan fingerprint density at radius 1 is 1.39 bits per heavy atom. The molecule has 3 aromatic rings. The molecule has 162 valence electrons. The second-order valence-corrected chi connectivity index (χ2v) is 9.55. The summed E-state index contributed by atoms with van der Waals surface area (Å²) in [6.07, 6.45) is 0.804. The minimum atomic E-state index is -2.67. The third-order valence-electron chi connectivity index (χ3n) is 5.35. The number of alkyl halides is 2. The van der Waals surface area contributed by atoms with Crippen LogP contribution in [0.2, 0.25) is 0 Å². The third-order valence-corrected chi connectivity index (χ3v) is 7.22. The molecular formula is C19H19F2N7OS2. The fourth-order valence-corrected chi connectivity index (χ4v) is 5.09. The van der Waals surface area contributed by atoms with Crippen LogP contribution in [0.25, 0.3) is 16.0 Å². The van der Waals surface area contributed by atoms with Gasteiger partial charge in [0.2, 0.25) is 5.13 Å². The second-order valence-electron chi connectivity index (χ2n) is 7.68. The summed E-state index contributed by atoms with van der Waals surface area (Å²) in [7, 11) is 0. The lowest BCUT2D eigenvalue weighted by Gasteiger charge is -2.33. The lowest BCUT2D eigenvalue weighted by Crippen LogP contribution is -2.41. The van der Waals surface area contributed by atoms with Gasteiger partial charge >= 0.3 is 0 Å². The van der Waals surface area contributed by atoms with E-state index < -0.39 is 12.0 Å². The van der Waals surface area contributed by atoms with Crippen molar-refractivity contribution in [2.45, 2.75) is 42.7 Å². The first-order valence-electron chi connectivity index (χ1n) is 9.83. The second kappa shape index (κ2) is 7.98. The molecule has 2 aliphatic rings. The van der Waals surface area contributed by atoms with Crippen molar-refractivity contribution in [3.05, 3.63) is 23.3 Å². The van der Waals surface area contributed by atoms with E-state index in [1.807, 2.05) is 13.0 Å². The van der Waals surface area contributed by atoms with Crippen LogP contribution in [-0.4, -0.2) is 51.3 Å². The SMILES string of the molecule is CC1CN(c2cc(SNC3(C#N)CC3)cc3c2cnn3-c2nnc(C(F)F)s2)CCO1. The van der Waals surface area contributed by atoms with Crippen molar-refractivity contribution in [1.82, 2.24) is 24.7 Å². The van der Waals surface area contributed by atoms with E-state index >= 15 is 0 Å². The number of anilines is 1. The normalized spacial score (nSPS) is 20.4. The highest BCUT2D eigenvalue weighted by atomic mass is 32.2. The van der Waals surface area contributed by atoms with Gasteiger partial charge in [-0.15, -0.1) is 10.2 Å². The number of ether oxygens (including phenoxy) is 1. The maximum Gasteiger partial charge on any atom is 0.291 e. The zero-order valence-corrected chi connectivity index (χ0v) is 18.2. The Bertz CT molecular complexity index is 1150. The Hall–Kier alpha value is -2.33. The van der Waals surface area contributed by atoms with Crippen LogP contribution < -0.4 is 9.62 Å². The van der Waals surface area contributed by atoms with Gasteiger partial charge in [-0.1, -0.05) is 11.3 Å². The maximum atomic E-state index is 13.0. The molecule has 1 aromatic carbocycles. The zero-order chi connectivity index (χ0) is 21.6. The Kier molecular flexibility index (Phi) is 5.29. The van der Waals surface area contributed by atoms with Crippen LogP contribution in [0, 0.1) is 11.3 Å². The lowest BCUT2D eigenvalue weighted by atomic mass is 10.1. The molecule has 2 fully saturated rings. The molecule has 0 radical (unpaired) electrons. The first kappa shape index (κ1) is 20.6. The summed E-state index contributed by atoms with van der Waals surface area (Å²) in [6.45, 7) is 4.13.